The SMILES string of the molecule is C=C1C(=CC=C2CCC[C@]3(C)[C@@H]([C@H](C)OCCC(C)(C)O)CC[C@@H]23)CC(O)CC1O. The van der Waals surface area contributed by atoms with Gasteiger partial charge in [-0.15, -0.1) is 0 Å². The molecule has 3 saturated carbocycles. The molecule has 0 spiro atoms. The van der Waals surface area contributed by atoms with Gasteiger partial charge in [-0.05, 0) is 94.1 Å². The first-order valence-corrected chi connectivity index (χ1v) is 11.8. The third-order valence-electron chi connectivity index (χ3n) is 7.96. The number of allylic oxidation sites excluding steroid dienone is 3. The average Bonchev–Trinajstić information content (AvgIpc) is 3.00. The first-order valence-electron chi connectivity index (χ1n) is 11.8. The van der Waals surface area contributed by atoms with Gasteiger partial charge in [-0.2, -0.15) is 0 Å². The van der Waals surface area contributed by atoms with Gasteiger partial charge in [-0.3, -0.25) is 0 Å². The molecule has 0 saturated heterocycles. The molecule has 0 amide bonds. The maximum absolute atomic E-state index is 10.1. The number of fused-ring (bicyclic) bond motifs is 1. The van der Waals surface area contributed by atoms with Crippen LogP contribution in [-0.2, 0) is 4.74 Å². The van der Waals surface area contributed by atoms with Crippen molar-refractivity contribution in [1.82, 2.24) is 0 Å². The molecule has 3 aliphatic rings. The Bertz CT molecular complexity index is 686. The molecular formula is C26H42O4. The second kappa shape index (κ2) is 9.28. The van der Waals surface area contributed by atoms with E-state index in [0.717, 1.165) is 17.6 Å². The van der Waals surface area contributed by atoms with Crippen molar-refractivity contribution in [3.63, 3.8) is 0 Å². The Labute approximate surface area is 182 Å². The summed E-state index contributed by atoms with van der Waals surface area (Å²) in [6.07, 6.45) is 11.0. The largest absolute Gasteiger partial charge is 0.393 e. The Hall–Kier alpha value is -0.940. The van der Waals surface area contributed by atoms with E-state index < -0.39 is 17.8 Å². The molecule has 6 atom stereocenters. The van der Waals surface area contributed by atoms with Gasteiger partial charge in [0.2, 0.25) is 0 Å². The van der Waals surface area contributed by atoms with Crippen LogP contribution in [0.15, 0.2) is 35.5 Å². The first kappa shape index (κ1) is 23.7. The lowest BCUT2D eigenvalue weighted by Gasteiger charge is -2.44. The van der Waals surface area contributed by atoms with Crippen LogP contribution in [-0.4, -0.2) is 45.8 Å². The summed E-state index contributed by atoms with van der Waals surface area (Å²) in [5.41, 5.74) is 2.82. The lowest BCUT2D eigenvalue weighted by molar-refractivity contribution is -0.0454. The van der Waals surface area contributed by atoms with Gasteiger partial charge in [-0.1, -0.05) is 31.2 Å². The van der Waals surface area contributed by atoms with Crippen molar-refractivity contribution in [2.24, 2.45) is 17.3 Å². The minimum atomic E-state index is -0.680. The number of aliphatic hydroxyl groups excluding tert-OH is 2. The predicted molar refractivity (Wildman–Crippen MR) is 121 cm³/mol. The van der Waals surface area contributed by atoms with Gasteiger partial charge in [0.1, 0.15) is 0 Å². The van der Waals surface area contributed by atoms with Crippen molar-refractivity contribution in [1.29, 1.82) is 0 Å². The van der Waals surface area contributed by atoms with Crippen molar-refractivity contribution in [3.8, 4) is 0 Å². The van der Waals surface area contributed by atoms with Crippen LogP contribution in [0.2, 0.25) is 0 Å². The maximum Gasteiger partial charge on any atom is 0.0811 e. The second-order valence-corrected chi connectivity index (χ2v) is 10.8. The Morgan fingerprint density at radius 2 is 2.00 bits per heavy atom. The average molecular weight is 419 g/mol. The van der Waals surface area contributed by atoms with Crippen molar-refractivity contribution in [3.05, 3.63) is 35.5 Å². The summed E-state index contributed by atoms with van der Waals surface area (Å²) in [6.45, 7) is 13.0. The Balaban J connectivity index is 1.70. The van der Waals surface area contributed by atoms with Crippen LogP contribution in [0.5, 0.6) is 0 Å². The summed E-state index contributed by atoms with van der Waals surface area (Å²) in [5, 5.41) is 30.1. The highest BCUT2D eigenvalue weighted by Crippen LogP contribution is 2.58. The molecule has 0 radical (unpaired) electrons. The molecule has 0 aromatic rings. The monoisotopic (exact) mass is 418 g/mol. The van der Waals surface area contributed by atoms with Crippen LogP contribution in [0.1, 0.15) is 79.1 Å². The van der Waals surface area contributed by atoms with Gasteiger partial charge in [0.05, 0.1) is 23.9 Å². The fourth-order valence-electron chi connectivity index (χ4n) is 6.13. The van der Waals surface area contributed by atoms with Gasteiger partial charge in [0.25, 0.3) is 0 Å². The Morgan fingerprint density at radius 1 is 1.27 bits per heavy atom. The third-order valence-corrected chi connectivity index (χ3v) is 7.96. The molecule has 2 unspecified atom stereocenters. The molecule has 3 N–H and O–H groups in total. The molecule has 0 aromatic carbocycles. The molecule has 0 bridgehead atoms. The summed E-state index contributed by atoms with van der Waals surface area (Å²) in [4.78, 5) is 0. The molecular weight excluding hydrogens is 376 g/mol. The summed E-state index contributed by atoms with van der Waals surface area (Å²) >= 11 is 0. The molecule has 0 heterocycles. The highest BCUT2D eigenvalue weighted by Gasteiger charge is 2.51. The van der Waals surface area contributed by atoms with E-state index in [1.165, 1.54) is 31.3 Å². The minimum absolute atomic E-state index is 0.198. The van der Waals surface area contributed by atoms with Gasteiger partial charge in [0, 0.05) is 13.0 Å². The smallest absolute Gasteiger partial charge is 0.0811 e. The predicted octanol–water partition coefficient (Wildman–Crippen LogP) is 4.69. The van der Waals surface area contributed by atoms with Crippen molar-refractivity contribution >= 4 is 0 Å². The van der Waals surface area contributed by atoms with Crippen LogP contribution < -0.4 is 0 Å². The van der Waals surface area contributed by atoms with E-state index in [4.69, 9.17) is 4.74 Å². The van der Waals surface area contributed by atoms with Gasteiger partial charge < -0.3 is 20.1 Å². The van der Waals surface area contributed by atoms with Crippen molar-refractivity contribution in [2.75, 3.05) is 6.61 Å². The number of ether oxygens (including phenoxy) is 1. The van der Waals surface area contributed by atoms with Crippen LogP contribution >= 0.6 is 0 Å². The molecule has 3 aliphatic carbocycles. The van der Waals surface area contributed by atoms with Crippen LogP contribution in [0.3, 0.4) is 0 Å². The van der Waals surface area contributed by atoms with Crippen molar-refractivity contribution in [2.45, 2.75) is 103 Å². The topological polar surface area (TPSA) is 69.9 Å². The number of aliphatic hydroxyl groups is 3. The normalized spacial score (nSPS) is 38.8. The van der Waals surface area contributed by atoms with E-state index in [2.05, 4.69) is 32.6 Å². The molecule has 3 rings (SSSR count). The summed E-state index contributed by atoms with van der Waals surface area (Å²) in [7, 11) is 0. The molecule has 0 aliphatic heterocycles. The van der Waals surface area contributed by atoms with Gasteiger partial charge in [0.15, 0.2) is 0 Å². The van der Waals surface area contributed by atoms with Crippen LogP contribution in [0.4, 0.5) is 0 Å². The fourth-order valence-corrected chi connectivity index (χ4v) is 6.13. The Morgan fingerprint density at radius 3 is 2.70 bits per heavy atom. The summed E-state index contributed by atoms with van der Waals surface area (Å²) in [5.74, 6) is 1.11. The molecule has 4 heteroatoms. The molecule has 0 aromatic heterocycles. The fraction of sp³-hybridized carbons (Fsp3) is 0.769. The highest BCUT2D eigenvalue weighted by atomic mass is 16.5. The zero-order valence-electron chi connectivity index (χ0n) is 19.4. The Kier molecular flexibility index (Phi) is 7.33. The van der Waals surface area contributed by atoms with Crippen molar-refractivity contribution < 1.29 is 20.1 Å². The van der Waals surface area contributed by atoms with E-state index in [1.807, 2.05) is 13.8 Å². The zero-order chi connectivity index (χ0) is 22.1. The zero-order valence-corrected chi connectivity index (χ0v) is 19.4. The number of hydrogen-bond donors (Lipinski definition) is 3. The highest BCUT2D eigenvalue weighted by molar-refractivity contribution is 5.38. The summed E-state index contributed by atoms with van der Waals surface area (Å²) in [6, 6.07) is 0. The molecule has 3 fully saturated rings. The molecule has 170 valence electrons. The van der Waals surface area contributed by atoms with E-state index >= 15 is 0 Å². The molecule has 30 heavy (non-hydrogen) atoms. The quantitative estimate of drug-likeness (QED) is 0.585. The van der Waals surface area contributed by atoms with Crippen LogP contribution in [0, 0.1) is 17.3 Å². The summed E-state index contributed by atoms with van der Waals surface area (Å²) < 4.78 is 6.19. The van der Waals surface area contributed by atoms with Gasteiger partial charge in [-0.25, -0.2) is 0 Å². The van der Waals surface area contributed by atoms with E-state index in [1.54, 1.807) is 0 Å². The van der Waals surface area contributed by atoms with E-state index in [9.17, 15) is 15.3 Å². The van der Waals surface area contributed by atoms with Crippen LogP contribution in [0.25, 0.3) is 0 Å². The second-order valence-electron chi connectivity index (χ2n) is 10.8. The lowest BCUT2D eigenvalue weighted by Crippen LogP contribution is -2.39. The third kappa shape index (κ3) is 5.27. The number of rotatable bonds is 6. The minimum Gasteiger partial charge on any atom is -0.393 e. The number of hydrogen-bond acceptors (Lipinski definition) is 4. The molecule has 4 nitrogen and oxygen atoms in total. The first-order chi connectivity index (χ1) is 14.0. The van der Waals surface area contributed by atoms with Gasteiger partial charge >= 0.3 is 0 Å². The standard InChI is InChI=1S/C26H42O4/c1-17-20(15-21(27)16-24(17)28)9-8-19-7-6-12-26(5)22(10-11-23(19)26)18(2)30-14-13-25(3,4)29/h8-9,18,21-24,27-29H,1,6-7,10-16H2,2-5H3/t18-,21?,22+,23-,24?,26+/m0/s1. The maximum atomic E-state index is 10.1. The lowest BCUT2D eigenvalue weighted by atomic mass is 9.62. The van der Waals surface area contributed by atoms with E-state index in [-0.39, 0.29) is 11.5 Å². The van der Waals surface area contributed by atoms with E-state index in [0.29, 0.717) is 37.7 Å².